The molecule has 8 nitrogen and oxygen atoms in total. The minimum Gasteiger partial charge on any atom is -0.339 e. The Morgan fingerprint density at radius 3 is 2.96 bits per heavy atom. The second kappa shape index (κ2) is 7.76. The molecular formula is C16H23N7O. The standard InChI is InChI=1S/C16H23N7O/c1-22-11-13(10-20-22)5-8-19-16(24)21-14-4-2-9-23(12-14)15-17-6-3-7-18-15/h3,6-7,10-11,14H,2,4-5,8-9,12H2,1H3,(H2,19,21,24)/t14-/m1/s1. The van der Waals surface area contributed by atoms with E-state index in [0.717, 1.165) is 43.9 Å². The van der Waals surface area contributed by atoms with Crippen LogP contribution in [0, 0.1) is 0 Å². The zero-order valence-corrected chi connectivity index (χ0v) is 13.9. The molecule has 3 rings (SSSR count). The highest BCUT2D eigenvalue weighted by atomic mass is 16.2. The number of nitrogens with zero attached hydrogens (tertiary/aromatic N) is 5. The molecule has 1 fully saturated rings. The Bertz CT molecular complexity index is 657. The fourth-order valence-corrected chi connectivity index (χ4v) is 2.89. The maximum Gasteiger partial charge on any atom is 0.315 e. The van der Waals surface area contributed by atoms with E-state index in [2.05, 4.69) is 30.6 Å². The number of piperidine rings is 1. The number of hydrogen-bond acceptors (Lipinski definition) is 5. The summed E-state index contributed by atoms with van der Waals surface area (Å²) in [6.07, 6.45) is 10.0. The second-order valence-electron chi connectivity index (χ2n) is 6.01. The van der Waals surface area contributed by atoms with Crippen LogP contribution >= 0.6 is 0 Å². The molecule has 0 aromatic carbocycles. The predicted octanol–water partition coefficient (Wildman–Crippen LogP) is 0.721. The van der Waals surface area contributed by atoms with Gasteiger partial charge < -0.3 is 15.5 Å². The van der Waals surface area contributed by atoms with E-state index < -0.39 is 0 Å². The SMILES string of the molecule is Cn1cc(CCNC(=O)N[C@@H]2CCCN(c3ncccn3)C2)cn1. The number of carbonyl (C=O) groups excluding carboxylic acids is 1. The van der Waals surface area contributed by atoms with Gasteiger partial charge in [-0.1, -0.05) is 0 Å². The predicted molar refractivity (Wildman–Crippen MR) is 90.7 cm³/mol. The van der Waals surface area contributed by atoms with Crippen LogP contribution in [0.15, 0.2) is 30.9 Å². The lowest BCUT2D eigenvalue weighted by Gasteiger charge is -2.33. The first-order valence-electron chi connectivity index (χ1n) is 8.24. The summed E-state index contributed by atoms with van der Waals surface area (Å²) >= 11 is 0. The van der Waals surface area contributed by atoms with Crippen LogP contribution in [0.2, 0.25) is 0 Å². The lowest BCUT2D eigenvalue weighted by molar-refractivity contribution is 0.235. The number of amides is 2. The van der Waals surface area contributed by atoms with Crippen LogP contribution in [0.25, 0.3) is 0 Å². The van der Waals surface area contributed by atoms with Crippen molar-refractivity contribution in [3.8, 4) is 0 Å². The van der Waals surface area contributed by atoms with Gasteiger partial charge in [0.05, 0.1) is 6.20 Å². The van der Waals surface area contributed by atoms with Gasteiger partial charge in [0.1, 0.15) is 0 Å². The maximum absolute atomic E-state index is 12.1. The quantitative estimate of drug-likeness (QED) is 0.844. The lowest BCUT2D eigenvalue weighted by Crippen LogP contribution is -2.51. The second-order valence-corrected chi connectivity index (χ2v) is 6.01. The molecule has 1 aliphatic rings. The van der Waals surface area contributed by atoms with Gasteiger partial charge in [0.15, 0.2) is 0 Å². The van der Waals surface area contributed by atoms with Crippen molar-refractivity contribution in [2.75, 3.05) is 24.5 Å². The van der Waals surface area contributed by atoms with Crippen molar-refractivity contribution < 1.29 is 4.79 Å². The van der Waals surface area contributed by atoms with E-state index in [9.17, 15) is 4.79 Å². The van der Waals surface area contributed by atoms with Crippen molar-refractivity contribution in [2.45, 2.75) is 25.3 Å². The Kier molecular flexibility index (Phi) is 5.25. The third-order valence-corrected chi connectivity index (χ3v) is 4.05. The van der Waals surface area contributed by atoms with E-state index in [4.69, 9.17) is 0 Å². The molecule has 1 saturated heterocycles. The van der Waals surface area contributed by atoms with E-state index >= 15 is 0 Å². The molecule has 0 spiro atoms. The molecule has 2 aromatic heterocycles. The molecule has 8 heteroatoms. The number of hydrogen-bond donors (Lipinski definition) is 2. The molecule has 2 N–H and O–H groups in total. The number of anilines is 1. The minimum absolute atomic E-state index is 0.112. The Morgan fingerprint density at radius 2 is 2.21 bits per heavy atom. The molecule has 128 valence electrons. The van der Waals surface area contributed by atoms with Gasteiger partial charge in [0.2, 0.25) is 5.95 Å². The van der Waals surface area contributed by atoms with Crippen molar-refractivity contribution in [3.63, 3.8) is 0 Å². The van der Waals surface area contributed by atoms with Crippen LogP contribution in [0.1, 0.15) is 18.4 Å². The molecule has 0 radical (unpaired) electrons. The summed E-state index contributed by atoms with van der Waals surface area (Å²) in [7, 11) is 1.88. The number of rotatable bonds is 5. The maximum atomic E-state index is 12.1. The third kappa shape index (κ3) is 4.43. The van der Waals surface area contributed by atoms with E-state index in [-0.39, 0.29) is 12.1 Å². The molecule has 24 heavy (non-hydrogen) atoms. The summed E-state index contributed by atoms with van der Waals surface area (Å²) in [6.45, 7) is 2.25. The fourth-order valence-electron chi connectivity index (χ4n) is 2.89. The first-order valence-corrected chi connectivity index (χ1v) is 8.24. The van der Waals surface area contributed by atoms with Gasteiger partial charge in [-0.3, -0.25) is 4.68 Å². The van der Waals surface area contributed by atoms with Crippen molar-refractivity contribution >= 4 is 12.0 Å². The first kappa shape index (κ1) is 16.2. The summed E-state index contributed by atoms with van der Waals surface area (Å²) in [6, 6.07) is 1.79. The van der Waals surface area contributed by atoms with Crippen LogP contribution in [0.4, 0.5) is 10.7 Å². The molecule has 2 amide bonds. The van der Waals surface area contributed by atoms with E-state index in [1.807, 2.05) is 19.4 Å². The monoisotopic (exact) mass is 329 g/mol. The number of urea groups is 1. The molecular weight excluding hydrogens is 306 g/mol. The van der Waals surface area contributed by atoms with E-state index in [0.29, 0.717) is 6.54 Å². The van der Waals surface area contributed by atoms with Crippen molar-refractivity contribution in [2.24, 2.45) is 7.05 Å². The van der Waals surface area contributed by atoms with Crippen LogP contribution < -0.4 is 15.5 Å². The number of carbonyl (C=O) groups is 1. The van der Waals surface area contributed by atoms with Crippen molar-refractivity contribution in [3.05, 3.63) is 36.4 Å². The number of nitrogens with one attached hydrogen (secondary N) is 2. The molecule has 3 heterocycles. The largest absolute Gasteiger partial charge is 0.339 e. The van der Waals surface area contributed by atoms with Gasteiger partial charge in [-0.15, -0.1) is 0 Å². The molecule has 0 unspecified atom stereocenters. The number of aryl methyl sites for hydroxylation is 1. The highest BCUT2D eigenvalue weighted by Gasteiger charge is 2.22. The molecule has 0 bridgehead atoms. The summed E-state index contributed by atoms with van der Waals surface area (Å²) in [5, 5.41) is 10.1. The van der Waals surface area contributed by atoms with Gasteiger partial charge in [-0.25, -0.2) is 14.8 Å². The zero-order valence-electron chi connectivity index (χ0n) is 13.9. The third-order valence-electron chi connectivity index (χ3n) is 4.05. The lowest BCUT2D eigenvalue weighted by atomic mass is 10.1. The van der Waals surface area contributed by atoms with Crippen LogP contribution in [-0.4, -0.2) is 51.5 Å². The number of aromatic nitrogens is 4. The summed E-state index contributed by atoms with van der Waals surface area (Å²) in [5.41, 5.74) is 1.11. The Labute approximate surface area is 141 Å². The van der Waals surface area contributed by atoms with Gasteiger partial charge in [0.25, 0.3) is 0 Å². The average molecular weight is 329 g/mol. The Morgan fingerprint density at radius 1 is 1.38 bits per heavy atom. The normalized spacial score (nSPS) is 17.5. The highest BCUT2D eigenvalue weighted by Crippen LogP contribution is 2.15. The van der Waals surface area contributed by atoms with Crippen LogP contribution in [0.5, 0.6) is 0 Å². The molecule has 2 aromatic rings. The topological polar surface area (TPSA) is 88.0 Å². The molecule has 0 saturated carbocycles. The average Bonchev–Trinajstić information content (AvgIpc) is 3.01. The summed E-state index contributed by atoms with van der Waals surface area (Å²) < 4.78 is 1.76. The minimum atomic E-state index is -0.125. The van der Waals surface area contributed by atoms with Gasteiger partial charge in [-0.05, 0) is 30.9 Å². The smallest absolute Gasteiger partial charge is 0.315 e. The molecule has 1 atom stereocenters. The van der Waals surface area contributed by atoms with Gasteiger partial charge in [-0.2, -0.15) is 5.10 Å². The van der Waals surface area contributed by atoms with E-state index in [1.54, 1.807) is 23.1 Å². The zero-order chi connectivity index (χ0) is 16.8. The summed E-state index contributed by atoms with van der Waals surface area (Å²) in [5.74, 6) is 0.723. The highest BCUT2D eigenvalue weighted by molar-refractivity contribution is 5.74. The molecule has 1 aliphatic heterocycles. The van der Waals surface area contributed by atoms with Crippen LogP contribution in [0.3, 0.4) is 0 Å². The van der Waals surface area contributed by atoms with Crippen LogP contribution in [-0.2, 0) is 13.5 Å². The Balaban J connectivity index is 1.42. The van der Waals surface area contributed by atoms with Gasteiger partial charge in [0, 0.05) is 51.3 Å². The van der Waals surface area contributed by atoms with Gasteiger partial charge >= 0.3 is 6.03 Å². The summed E-state index contributed by atoms with van der Waals surface area (Å²) in [4.78, 5) is 22.7. The van der Waals surface area contributed by atoms with E-state index in [1.165, 1.54) is 0 Å². The first-order chi connectivity index (χ1) is 11.7. The van der Waals surface area contributed by atoms with Crippen molar-refractivity contribution in [1.29, 1.82) is 0 Å². The molecule has 0 aliphatic carbocycles. The Hall–Kier alpha value is -2.64. The van der Waals surface area contributed by atoms with Crippen molar-refractivity contribution in [1.82, 2.24) is 30.4 Å². The fraction of sp³-hybridized carbons (Fsp3) is 0.500.